The molecule has 1 aliphatic heterocycles. The summed E-state index contributed by atoms with van der Waals surface area (Å²) in [6.07, 6.45) is 2.36. The van der Waals surface area contributed by atoms with Gasteiger partial charge in [-0.3, -0.25) is 4.90 Å². The second kappa shape index (κ2) is 7.98. The van der Waals surface area contributed by atoms with Crippen LogP contribution < -0.4 is 4.74 Å². The summed E-state index contributed by atoms with van der Waals surface area (Å²) in [7, 11) is 2.19. The molecule has 0 saturated carbocycles. The largest absolute Gasteiger partial charge is 0.492 e. The lowest BCUT2D eigenvalue weighted by Crippen LogP contribution is -2.45. The summed E-state index contributed by atoms with van der Waals surface area (Å²) in [5.74, 6) is 0.994. The molecular formula is C19H32N2O. The van der Waals surface area contributed by atoms with E-state index in [1.54, 1.807) is 0 Å². The van der Waals surface area contributed by atoms with Crippen LogP contribution >= 0.6 is 0 Å². The number of rotatable bonds is 6. The molecule has 1 aromatic carbocycles. The highest BCUT2D eigenvalue weighted by molar-refractivity contribution is 5.27. The van der Waals surface area contributed by atoms with Gasteiger partial charge in [0.05, 0.1) is 0 Å². The van der Waals surface area contributed by atoms with E-state index >= 15 is 0 Å². The predicted molar refractivity (Wildman–Crippen MR) is 93.7 cm³/mol. The first kappa shape index (κ1) is 17.3. The fraction of sp³-hybridized carbons (Fsp3) is 0.684. The Morgan fingerprint density at radius 3 is 2.23 bits per heavy atom. The summed E-state index contributed by atoms with van der Waals surface area (Å²) in [5, 5.41) is 0. The van der Waals surface area contributed by atoms with Crippen molar-refractivity contribution in [3.05, 3.63) is 29.8 Å². The summed E-state index contributed by atoms with van der Waals surface area (Å²) < 4.78 is 5.88. The van der Waals surface area contributed by atoms with Crippen molar-refractivity contribution >= 4 is 0 Å². The van der Waals surface area contributed by atoms with Crippen LogP contribution in [-0.4, -0.2) is 56.2 Å². The third-order valence-electron chi connectivity index (χ3n) is 4.36. The van der Waals surface area contributed by atoms with Gasteiger partial charge in [-0.1, -0.05) is 32.9 Å². The highest BCUT2D eigenvalue weighted by Crippen LogP contribution is 2.22. The van der Waals surface area contributed by atoms with Crippen LogP contribution in [0.1, 0.15) is 32.8 Å². The molecule has 0 bridgehead atoms. The molecule has 0 aromatic heterocycles. The first-order valence-corrected chi connectivity index (χ1v) is 8.55. The molecule has 1 saturated heterocycles. The van der Waals surface area contributed by atoms with Crippen molar-refractivity contribution in [1.82, 2.24) is 9.80 Å². The van der Waals surface area contributed by atoms with Crippen molar-refractivity contribution in [2.75, 3.05) is 46.4 Å². The van der Waals surface area contributed by atoms with E-state index in [-0.39, 0.29) is 0 Å². The second-order valence-electron chi connectivity index (χ2n) is 7.70. The Bertz CT molecular complexity index is 428. The summed E-state index contributed by atoms with van der Waals surface area (Å²) in [4.78, 5) is 4.87. The van der Waals surface area contributed by atoms with E-state index in [0.29, 0.717) is 5.41 Å². The Balaban J connectivity index is 1.68. The molecule has 0 N–H and O–H groups in total. The number of aryl methyl sites for hydroxylation is 1. The number of benzene rings is 1. The van der Waals surface area contributed by atoms with E-state index in [0.717, 1.165) is 38.4 Å². The van der Waals surface area contributed by atoms with Gasteiger partial charge in [0.25, 0.3) is 0 Å². The topological polar surface area (TPSA) is 15.7 Å². The van der Waals surface area contributed by atoms with Crippen molar-refractivity contribution < 1.29 is 4.74 Å². The molecule has 2 rings (SSSR count). The maximum atomic E-state index is 5.88. The Hall–Kier alpha value is -1.06. The minimum Gasteiger partial charge on any atom is -0.492 e. The zero-order valence-electron chi connectivity index (χ0n) is 14.8. The van der Waals surface area contributed by atoms with Crippen LogP contribution in [0, 0.1) is 5.41 Å². The molecule has 1 aliphatic rings. The average molecular weight is 304 g/mol. The fourth-order valence-electron chi connectivity index (χ4n) is 2.64. The van der Waals surface area contributed by atoms with E-state index in [2.05, 4.69) is 61.9 Å². The summed E-state index contributed by atoms with van der Waals surface area (Å²) in [6, 6.07) is 8.64. The number of likely N-dealkylation sites (N-methyl/N-ethyl adjacent to an activating group) is 1. The number of hydrogen-bond acceptors (Lipinski definition) is 3. The van der Waals surface area contributed by atoms with Crippen molar-refractivity contribution in [2.45, 2.75) is 33.6 Å². The molecule has 0 unspecified atom stereocenters. The van der Waals surface area contributed by atoms with Crippen LogP contribution in [0.5, 0.6) is 5.75 Å². The van der Waals surface area contributed by atoms with Gasteiger partial charge in [0, 0.05) is 32.7 Å². The molecule has 1 fully saturated rings. The Morgan fingerprint density at radius 2 is 1.64 bits per heavy atom. The van der Waals surface area contributed by atoms with Gasteiger partial charge in [-0.15, -0.1) is 0 Å². The van der Waals surface area contributed by atoms with Crippen LogP contribution in [0.2, 0.25) is 0 Å². The monoisotopic (exact) mass is 304 g/mol. The van der Waals surface area contributed by atoms with E-state index in [4.69, 9.17) is 4.74 Å². The van der Waals surface area contributed by atoms with Gasteiger partial charge in [-0.2, -0.15) is 0 Å². The standard InChI is InChI=1S/C19H32N2O/c1-19(2,3)10-9-17-5-7-18(8-6-17)22-16-15-21-13-11-20(4)12-14-21/h5-8H,9-16H2,1-4H3. The molecular weight excluding hydrogens is 272 g/mol. The van der Waals surface area contributed by atoms with Gasteiger partial charge in [0.15, 0.2) is 0 Å². The van der Waals surface area contributed by atoms with E-state index in [1.165, 1.54) is 25.1 Å². The predicted octanol–water partition coefficient (Wildman–Crippen LogP) is 3.29. The van der Waals surface area contributed by atoms with Gasteiger partial charge < -0.3 is 9.64 Å². The Labute approximate surface area is 136 Å². The fourth-order valence-corrected chi connectivity index (χ4v) is 2.64. The molecule has 0 radical (unpaired) electrons. The van der Waals surface area contributed by atoms with E-state index in [1.807, 2.05) is 0 Å². The van der Waals surface area contributed by atoms with Gasteiger partial charge >= 0.3 is 0 Å². The smallest absolute Gasteiger partial charge is 0.119 e. The molecule has 3 heteroatoms. The Kier molecular flexibility index (Phi) is 6.27. The van der Waals surface area contributed by atoms with Gasteiger partial charge in [-0.05, 0) is 43.0 Å². The molecule has 1 aromatic rings. The number of piperazine rings is 1. The molecule has 1 heterocycles. The first-order valence-electron chi connectivity index (χ1n) is 8.55. The highest BCUT2D eigenvalue weighted by atomic mass is 16.5. The van der Waals surface area contributed by atoms with Crippen molar-refractivity contribution in [3.63, 3.8) is 0 Å². The maximum absolute atomic E-state index is 5.88. The van der Waals surface area contributed by atoms with Gasteiger partial charge in [0.2, 0.25) is 0 Å². The van der Waals surface area contributed by atoms with Crippen LogP contribution in [0.3, 0.4) is 0 Å². The van der Waals surface area contributed by atoms with Crippen molar-refractivity contribution in [3.8, 4) is 5.75 Å². The molecule has 0 aliphatic carbocycles. The van der Waals surface area contributed by atoms with Crippen LogP contribution in [0.15, 0.2) is 24.3 Å². The molecule has 0 amide bonds. The highest BCUT2D eigenvalue weighted by Gasteiger charge is 2.13. The van der Waals surface area contributed by atoms with Crippen LogP contribution in [0.4, 0.5) is 0 Å². The average Bonchev–Trinajstić information content (AvgIpc) is 2.48. The van der Waals surface area contributed by atoms with E-state index in [9.17, 15) is 0 Å². The quantitative estimate of drug-likeness (QED) is 0.802. The zero-order chi connectivity index (χ0) is 16.0. The minimum atomic E-state index is 0.400. The van der Waals surface area contributed by atoms with Gasteiger partial charge in [-0.25, -0.2) is 0 Å². The zero-order valence-corrected chi connectivity index (χ0v) is 14.8. The number of hydrogen-bond donors (Lipinski definition) is 0. The van der Waals surface area contributed by atoms with Crippen molar-refractivity contribution in [2.24, 2.45) is 5.41 Å². The lowest BCUT2D eigenvalue weighted by Gasteiger charge is -2.32. The lowest BCUT2D eigenvalue weighted by molar-refractivity contribution is 0.133. The normalized spacial score (nSPS) is 17.6. The summed E-state index contributed by atoms with van der Waals surface area (Å²) in [6.45, 7) is 13.3. The molecule has 22 heavy (non-hydrogen) atoms. The second-order valence-corrected chi connectivity index (χ2v) is 7.70. The van der Waals surface area contributed by atoms with Crippen LogP contribution in [0.25, 0.3) is 0 Å². The third-order valence-corrected chi connectivity index (χ3v) is 4.36. The Morgan fingerprint density at radius 1 is 1.00 bits per heavy atom. The number of ether oxygens (including phenoxy) is 1. The summed E-state index contributed by atoms with van der Waals surface area (Å²) in [5.41, 5.74) is 1.80. The minimum absolute atomic E-state index is 0.400. The molecule has 0 spiro atoms. The molecule has 3 nitrogen and oxygen atoms in total. The van der Waals surface area contributed by atoms with Crippen molar-refractivity contribution in [1.29, 1.82) is 0 Å². The number of nitrogens with zero attached hydrogens (tertiary/aromatic N) is 2. The first-order chi connectivity index (χ1) is 10.4. The molecule has 0 atom stereocenters. The maximum Gasteiger partial charge on any atom is 0.119 e. The molecule has 124 valence electrons. The third kappa shape index (κ3) is 6.37. The summed E-state index contributed by atoms with van der Waals surface area (Å²) >= 11 is 0. The van der Waals surface area contributed by atoms with Crippen LogP contribution in [-0.2, 0) is 6.42 Å². The van der Waals surface area contributed by atoms with Gasteiger partial charge in [0.1, 0.15) is 12.4 Å². The lowest BCUT2D eigenvalue weighted by atomic mass is 9.89. The SMILES string of the molecule is CN1CCN(CCOc2ccc(CCC(C)(C)C)cc2)CC1. The van der Waals surface area contributed by atoms with E-state index < -0.39 is 0 Å².